The number of Topliss-reactive ketones (excluding diaryl/α,β-unsaturated/α-hetero) is 1. The molecule has 1 fully saturated rings. The van der Waals surface area contributed by atoms with Gasteiger partial charge in [0, 0.05) is 11.1 Å². The number of hydrogen-bond donors (Lipinski definition) is 0. The molecular formula is C27H31IO4. The predicted octanol–water partition coefficient (Wildman–Crippen LogP) is 7.43. The van der Waals surface area contributed by atoms with E-state index in [1.54, 1.807) is 7.11 Å². The standard InChI is InChI=1S/C21H19IO3.C4H6O.C2H6/c1-24-19-9-5-15(6-10-19)13-17-3-2-4-18(21(17)23)14-16-7-11-20(25-22)12-8-16;1-3-4(2)5;1-2/h5-14H,2-4H2,1H3;3H,1H2,2H3;1-2H3/b17-13+,18-14+;;. The Bertz CT molecular complexity index is 871. The van der Waals surface area contributed by atoms with E-state index in [2.05, 4.69) is 6.58 Å². The fourth-order valence-corrected chi connectivity index (χ4v) is 3.19. The first-order chi connectivity index (χ1) is 15.5. The van der Waals surface area contributed by atoms with Crippen molar-refractivity contribution in [3.8, 4) is 11.5 Å². The molecule has 0 N–H and O–H groups in total. The third kappa shape index (κ3) is 9.22. The summed E-state index contributed by atoms with van der Waals surface area (Å²) in [6.45, 7) is 8.68. The fourth-order valence-electron chi connectivity index (χ4n) is 2.90. The Morgan fingerprint density at radius 2 is 1.31 bits per heavy atom. The van der Waals surface area contributed by atoms with Crippen molar-refractivity contribution in [3.05, 3.63) is 83.5 Å². The van der Waals surface area contributed by atoms with Crippen molar-refractivity contribution in [1.82, 2.24) is 0 Å². The second kappa shape index (κ2) is 15.2. The number of carbonyl (C=O) groups excluding carboxylic acids is 2. The van der Waals surface area contributed by atoms with Gasteiger partial charge in [0.1, 0.15) is 11.5 Å². The van der Waals surface area contributed by atoms with Gasteiger partial charge in [0.2, 0.25) is 0 Å². The van der Waals surface area contributed by atoms with Gasteiger partial charge in [-0.05, 0) is 79.8 Å². The number of methoxy groups -OCH3 is 1. The van der Waals surface area contributed by atoms with E-state index in [4.69, 9.17) is 7.80 Å². The Hall–Kier alpha value is -2.67. The van der Waals surface area contributed by atoms with Crippen molar-refractivity contribution in [2.75, 3.05) is 7.11 Å². The summed E-state index contributed by atoms with van der Waals surface area (Å²) in [6, 6.07) is 15.5. The molecule has 0 amide bonds. The van der Waals surface area contributed by atoms with Crippen LogP contribution in [0.5, 0.6) is 11.5 Å². The molecule has 0 heterocycles. The van der Waals surface area contributed by atoms with Crippen molar-refractivity contribution < 1.29 is 17.4 Å². The van der Waals surface area contributed by atoms with Crippen molar-refractivity contribution >= 4 is 46.7 Å². The van der Waals surface area contributed by atoms with Crippen LogP contribution in [0.25, 0.3) is 12.2 Å². The lowest BCUT2D eigenvalue weighted by molar-refractivity contribution is -0.113. The summed E-state index contributed by atoms with van der Waals surface area (Å²) in [5, 5.41) is 0. The molecule has 0 aromatic heterocycles. The van der Waals surface area contributed by atoms with Gasteiger partial charge < -0.3 is 7.80 Å². The smallest absolute Gasteiger partial charge is 0.192 e. The Morgan fingerprint density at radius 3 is 1.66 bits per heavy atom. The number of halogens is 1. The summed E-state index contributed by atoms with van der Waals surface area (Å²) in [4.78, 5) is 22.5. The van der Waals surface area contributed by atoms with Crippen LogP contribution in [0.2, 0.25) is 0 Å². The van der Waals surface area contributed by atoms with Crippen LogP contribution < -0.4 is 7.80 Å². The summed E-state index contributed by atoms with van der Waals surface area (Å²) < 4.78 is 10.3. The molecule has 0 saturated heterocycles. The molecule has 1 aliphatic carbocycles. The Balaban J connectivity index is 0.000000646. The van der Waals surface area contributed by atoms with Crippen LogP contribution in [-0.4, -0.2) is 18.7 Å². The molecule has 32 heavy (non-hydrogen) atoms. The zero-order valence-electron chi connectivity index (χ0n) is 19.2. The number of ketones is 2. The zero-order valence-corrected chi connectivity index (χ0v) is 21.3. The molecule has 0 radical (unpaired) electrons. The minimum atomic E-state index is 0.0185. The predicted molar refractivity (Wildman–Crippen MR) is 141 cm³/mol. The van der Waals surface area contributed by atoms with Gasteiger partial charge in [0.25, 0.3) is 0 Å². The van der Waals surface area contributed by atoms with E-state index >= 15 is 0 Å². The molecule has 170 valence electrons. The molecule has 4 nitrogen and oxygen atoms in total. The first-order valence-electron chi connectivity index (χ1n) is 10.6. The fraction of sp³-hybridized carbons (Fsp3) is 0.259. The van der Waals surface area contributed by atoms with E-state index in [0.29, 0.717) is 0 Å². The Labute approximate surface area is 205 Å². The molecule has 1 saturated carbocycles. The Morgan fingerprint density at radius 1 is 0.906 bits per heavy atom. The normalized spacial score (nSPS) is 15.1. The molecule has 1 aliphatic rings. The second-order valence-electron chi connectivity index (χ2n) is 6.76. The molecule has 5 heteroatoms. The van der Waals surface area contributed by atoms with Crippen LogP contribution in [0.15, 0.2) is 72.3 Å². The summed E-state index contributed by atoms with van der Waals surface area (Å²) in [5.41, 5.74) is 3.78. The number of benzene rings is 2. The van der Waals surface area contributed by atoms with E-state index in [0.717, 1.165) is 53.0 Å². The number of ether oxygens (including phenoxy) is 1. The largest absolute Gasteiger partial charge is 0.497 e. The van der Waals surface area contributed by atoms with E-state index in [1.165, 1.54) is 13.0 Å². The van der Waals surface area contributed by atoms with Crippen LogP contribution >= 0.6 is 23.0 Å². The molecule has 0 spiro atoms. The maximum absolute atomic E-state index is 12.8. The second-order valence-corrected chi connectivity index (χ2v) is 7.20. The summed E-state index contributed by atoms with van der Waals surface area (Å²) in [6.07, 6.45) is 7.89. The highest BCUT2D eigenvalue weighted by atomic mass is 127. The molecule has 0 unspecified atom stereocenters. The molecular weight excluding hydrogens is 515 g/mol. The van der Waals surface area contributed by atoms with Crippen LogP contribution in [-0.2, 0) is 9.59 Å². The van der Waals surface area contributed by atoms with Crippen molar-refractivity contribution in [1.29, 1.82) is 0 Å². The molecule has 0 atom stereocenters. The topological polar surface area (TPSA) is 52.6 Å². The van der Waals surface area contributed by atoms with Gasteiger partial charge in [-0.1, -0.05) is 44.7 Å². The highest BCUT2D eigenvalue weighted by molar-refractivity contribution is 14.1. The number of allylic oxidation sites excluding steroid dienone is 3. The molecule has 2 aromatic rings. The minimum absolute atomic E-state index is 0.0185. The van der Waals surface area contributed by atoms with E-state index in [-0.39, 0.29) is 11.6 Å². The highest BCUT2D eigenvalue weighted by Gasteiger charge is 2.20. The monoisotopic (exact) mass is 546 g/mol. The van der Waals surface area contributed by atoms with Gasteiger partial charge in [0.05, 0.1) is 7.11 Å². The van der Waals surface area contributed by atoms with E-state index in [9.17, 15) is 9.59 Å². The molecule has 0 bridgehead atoms. The first kappa shape index (κ1) is 27.4. The van der Waals surface area contributed by atoms with Gasteiger partial charge in [-0.3, -0.25) is 9.59 Å². The van der Waals surface area contributed by atoms with Crippen LogP contribution in [0.4, 0.5) is 0 Å². The van der Waals surface area contributed by atoms with Gasteiger partial charge in [-0.2, -0.15) is 0 Å². The summed E-state index contributed by atoms with van der Waals surface area (Å²) in [7, 11) is 1.65. The first-order valence-corrected chi connectivity index (χ1v) is 11.5. The lowest BCUT2D eigenvalue weighted by Gasteiger charge is -2.16. The number of hydrogen-bond acceptors (Lipinski definition) is 4. The minimum Gasteiger partial charge on any atom is -0.497 e. The number of rotatable bonds is 5. The highest BCUT2D eigenvalue weighted by Crippen LogP contribution is 2.28. The van der Waals surface area contributed by atoms with Crippen LogP contribution in [0.3, 0.4) is 0 Å². The van der Waals surface area contributed by atoms with Crippen LogP contribution in [0.1, 0.15) is 51.2 Å². The van der Waals surface area contributed by atoms with Crippen molar-refractivity contribution in [3.63, 3.8) is 0 Å². The van der Waals surface area contributed by atoms with Crippen molar-refractivity contribution in [2.24, 2.45) is 0 Å². The van der Waals surface area contributed by atoms with E-state index in [1.807, 2.05) is 97.5 Å². The molecule has 0 aliphatic heterocycles. The maximum atomic E-state index is 12.8. The van der Waals surface area contributed by atoms with Gasteiger partial charge in [-0.15, -0.1) is 0 Å². The maximum Gasteiger partial charge on any atom is 0.192 e. The molecule has 3 rings (SSSR count). The average Bonchev–Trinajstić information content (AvgIpc) is 2.84. The third-order valence-corrected chi connectivity index (χ3v) is 5.04. The van der Waals surface area contributed by atoms with Crippen LogP contribution in [0, 0.1) is 0 Å². The van der Waals surface area contributed by atoms with Gasteiger partial charge >= 0.3 is 0 Å². The third-order valence-electron chi connectivity index (χ3n) is 4.53. The van der Waals surface area contributed by atoms with Crippen molar-refractivity contribution in [2.45, 2.75) is 40.0 Å². The zero-order chi connectivity index (χ0) is 23.9. The summed E-state index contributed by atoms with van der Waals surface area (Å²) >= 11 is 1.86. The SMILES string of the molecule is C=CC(C)=O.CC.COc1ccc(/C=C2\CCC/C(=C\c3ccc(OI)cc3)C2=O)cc1. The molecule has 2 aromatic carbocycles. The lowest BCUT2D eigenvalue weighted by Crippen LogP contribution is -2.12. The Kier molecular flexibility index (Phi) is 13.0. The lowest BCUT2D eigenvalue weighted by atomic mass is 9.87. The quantitative estimate of drug-likeness (QED) is 0.289. The summed E-state index contributed by atoms with van der Waals surface area (Å²) in [5.74, 6) is 1.79. The average molecular weight is 546 g/mol. The number of carbonyl (C=O) groups is 2. The van der Waals surface area contributed by atoms with Gasteiger partial charge in [-0.25, -0.2) is 0 Å². The van der Waals surface area contributed by atoms with Gasteiger partial charge in [0.15, 0.2) is 34.6 Å². The van der Waals surface area contributed by atoms with E-state index < -0.39 is 0 Å².